The molecule has 12 heteroatoms. The first kappa shape index (κ1) is 50.3. The van der Waals surface area contributed by atoms with E-state index in [9.17, 15) is 14.7 Å². The van der Waals surface area contributed by atoms with Gasteiger partial charge in [-0.2, -0.15) is 0 Å². The lowest BCUT2D eigenvalue weighted by atomic mass is 9.86. The molecule has 0 spiro atoms. The van der Waals surface area contributed by atoms with E-state index in [1.807, 2.05) is 41.5 Å². The highest BCUT2D eigenvalue weighted by atomic mass is 16.6. The highest BCUT2D eigenvalue weighted by Crippen LogP contribution is 2.50. The van der Waals surface area contributed by atoms with E-state index in [1.54, 1.807) is 0 Å². The highest BCUT2D eigenvalue weighted by Gasteiger charge is 2.39. The molecule has 0 radical (unpaired) electrons. The van der Waals surface area contributed by atoms with Crippen LogP contribution in [0.4, 0.5) is 11.4 Å². The van der Waals surface area contributed by atoms with Gasteiger partial charge in [-0.25, -0.2) is 9.59 Å². The number of aryl methyl sites for hydroxylation is 4. The summed E-state index contributed by atoms with van der Waals surface area (Å²) in [6.07, 6.45) is -1.92. The third kappa shape index (κ3) is 9.73. The molecule has 0 amide bonds. The summed E-state index contributed by atoms with van der Waals surface area (Å²) in [4.78, 5) is 31.0. The van der Waals surface area contributed by atoms with Crippen LogP contribution in [0.1, 0.15) is 98.5 Å². The van der Waals surface area contributed by atoms with Gasteiger partial charge >= 0.3 is 11.9 Å². The Balaban J connectivity index is 0.000000176. The van der Waals surface area contributed by atoms with Crippen molar-refractivity contribution in [3.63, 3.8) is 0 Å². The van der Waals surface area contributed by atoms with Crippen LogP contribution in [-0.4, -0.2) is 97.1 Å². The summed E-state index contributed by atoms with van der Waals surface area (Å²) in [6, 6.07) is 21.5. The Labute approximate surface area is 419 Å². The number of esters is 1. The molecule has 10 rings (SSSR count). The number of benzene rings is 4. The maximum absolute atomic E-state index is 13.3. The smallest absolute Gasteiger partial charge is 0.339 e. The lowest BCUT2D eigenvalue weighted by Crippen LogP contribution is -2.43. The van der Waals surface area contributed by atoms with Crippen molar-refractivity contribution in [2.45, 2.75) is 120 Å². The first-order chi connectivity index (χ1) is 33.6. The molecule has 0 unspecified atom stereocenters. The highest BCUT2D eigenvalue weighted by molar-refractivity contribution is 6.09. The van der Waals surface area contributed by atoms with Gasteiger partial charge in [0.15, 0.2) is 12.2 Å². The number of aromatic nitrogens is 2. The number of hydrogen-bond donors (Lipinski definition) is 1. The summed E-state index contributed by atoms with van der Waals surface area (Å²) in [5, 5.41) is 12.7. The lowest BCUT2D eigenvalue weighted by molar-refractivity contribution is -0.164. The quantitative estimate of drug-likeness (QED) is 0.119. The zero-order valence-electron chi connectivity index (χ0n) is 44.2. The molecule has 0 saturated carbocycles. The van der Waals surface area contributed by atoms with Crippen LogP contribution in [0.25, 0.3) is 44.1 Å². The summed E-state index contributed by atoms with van der Waals surface area (Å²) >= 11 is 0. The maximum atomic E-state index is 13.3. The molecular weight excluding hydrogens is 893 g/mol. The molecule has 2 aromatic heterocycles. The third-order valence-electron chi connectivity index (χ3n) is 14.6. The van der Waals surface area contributed by atoms with E-state index in [0.29, 0.717) is 11.8 Å². The number of hydrogen-bond acceptors (Lipinski definition) is 9. The minimum atomic E-state index is -1.08. The van der Waals surface area contributed by atoms with Crippen molar-refractivity contribution in [1.82, 2.24) is 9.13 Å². The maximum Gasteiger partial charge on any atom is 0.339 e. The molecule has 6 aromatic rings. The molecule has 12 nitrogen and oxygen atoms in total. The van der Waals surface area contributed by atoms with E-state index in [-0.39, 0.29) is 5.97 Å². The Hall–Kier alpha value is -5.66. The van der Waals surface area contributed by atoms with Crippen molar-refractivity contribution in [2.24, 2.45) is 11.8 Å². The standard InChI is InChI=1S/C30H38N2O4.C29H36N2O4/c1-18-8-10-22(11-9-18)25-23-14-19(2)32-13-12-31(15-21-16-35-17-21)26(27(23)32)20(3)24(25)28(29(33)34-7)36-30(4,5)6;1-17-7-9-21(10-8-17)24-22-13-18(2)31-12-11-30(14-20-15-34-16-20)25(26(22)31)19(3)23(24)27(28(32)33)35-29(4,5)6/h8-11,14,21,28H,12-13,15-17H2,1-7H3;7-10,13,20,27H,11-12,14-16H2,1-6H3,(H,32,33)/t28-;27-/m00/s1. The number of carbonyl (C=O) groups is 2. The number of anilines is 2. The van der Waals surface area contributed by atoms with Gasteiger partial charge in [-0.3, -0.25) is 0 Å². The van der Waals surface area contributed by atoms with Crippen LogP contribution in [-0.2, 0) is 46.4 Å². The predicted molar refractivity (Wildman–Crippen MR) is 283 cm³/mol. The van der Waals surface area contributed by atoms with Gasteiger partial charge in [0.05, 0.1) is 67.1 Å². The Kier molecular flexibility index (Phi) is 13.7. The van der Waals surface area contributed by atoms with Crippen LogP contribution in [0, 0.1) is 53.4 Å². The van der Waals surface area contributed by atoms with Crippen molar-refractivity contribution in [2.75, 3.05) is 69.5 Å². The third-order valence-corrected chi connectivity index (χ3v) is 14.6. The van der Waals surface area contributed by atoms with Crippen molar-refractivity contribution in [1.29, 1.82) is 0 Å². The zero-order valence-corrected chi connectivity index (χ0v) is 44.2. The number of carbonyl (C=O) groups excluding carboxylic acids is 1. The van der Waals surface area contributed by atoms with Crippen LogP contribution in [0.15, 0.2) is 60.7 Å². The SMILES string of the molecule is COC(=O)[C@@H](OC(C)(C)C)c1c(C)c2c3c(cc(C)n3CCN2CC2COC2)c1-c1ccc(C)cc1.Cc1ccc(-c2c([C@H](OC(C)(C)C)C(=O)O)c(C)c3c4c2cc(C)n4CCN3CC2COC2)cc1. The molecule has 6 heterocycles. The summed E-state index contributed by atoms with van der Waals surface area (Å²) < 4.78 is 33.8. The summed E-state index contributed by atoms with van der Waals surface area (Å²) in [5.41, 5.74) is 16.3. The molecule has 71 heavy (non-hydrogen) atoms. The van der Waals surface area contributed by atoms with E-state index in [2.05, 4.69) is 121 Å². The minimum absolute atomic E-state index is 0.376. The largest absolute Gasteiger partial charge is 0.479 e. The van der Waals surface area contributed by atoms with Gasteiger partial charge in [0.1, 0.15) is 0 Å². The number of methoxy groups -OCH3 is 1. The van der Waals surface area contributed by atoms with Crippen molar-refractivity contribution in [3.8, 4) is 22.3 Å². The van der Waals surface area contributed by atoms with Crippen LogP contribution >= 0.6 is 0 Å². The number of nitrogens with zero attached hydrogens (tertiary/aromatic N) is 4. The van der Waals surface area contributed by atoms with E-state index in [0.717, 1.165) is 127 Å². The van der Waals surface area contributed by atoms with Crippen molar-refractivity contribution < 1.29 is 38.4 Å². The number of rotatable bonds is 12. The molecule has 0 bridgehead atoms. The molecule has 0 aliphatic carbocycles. The van der Waals surface area contributed by atoms with Gasteiger partial charge in [-0.15, -0.1) is 0 Å². The molecular formula is C59H74N4O8. The van der Waals surface area contributed by atoms with Crippen LogP contribution < -0.4 is 9.80 Å². The second-order valence-corrected chi connectivity index (χ2v) is 22.4. The Bertz CT molecular complexity index is 2980. The van der Waals surface area contributed by atoms with E-state index >= 15 is 0 Å². The van der Waals surface area contributed by atoms with Gasteiger partial charge in [0.2, 0.25) is 0 Å². The van der Waals surface area contributed by atoms with Crippen molar-refractivity contribution in [3.05, 3.63) is 105 Å². The molecule has 378 valence electrons. The number of carboxylic acids is 1. The molecule has 2 saturated heterocycles. The van der Waals surface area contributed by atoms with Crippen LogP contribution in [0.5, 0.6) is 0 Å². The van der Waals surface area contributed by atoms with Crippen molar-refractivity contribution >= 4 is 45.1 Å². The predicted octanol–water partition coefficient (Wildman–Crippen LogP) is 11.4. The normalized spacial score (nSPS) is 16.9. The second-order valence-electron chi connectivity index (χ2n) is 22.4. The lowest BCUT2D eigenvalue weighted by Gasteiger charge is -2.39. The minimum Gasteiger partial charge on any atom is -0.479 e. The van der Waals surface area contributed by atoms with E-state index in [1.165, 1.54) is 46.3 Å². The van der Waals surface area contributed by atoms with Gasteiger partial charge in [-0.05, 0) is 129 Å². The van der Waals surface area contributed by atoms with Gasteiger partial charge in [-0.1, -0.05) is 59.7 Å². The monoisotopic (exact) mass is 967 g/mol. The average Bonchev–Trinajstić information content (AvgIpc) is 3.80. The van der Waals surface area contributed by atoms with Gasteiger partial charge < -0.3 is 47.7 Å². The number of carboxylic acid groups (broad SMARTS) is 1. The van der Waals surface area contributed by atoms with E-state index in [4.69, 9.17) is 23.7 Å². The van der Waals surface area contributed by atoms with E-state index < -0.39 is 29.4 Å². The van der Waals surface area contributed by atoms with Crippen LogP contribution in [0.2, 0.25) is 0 Å². The number of ether oxygens (including phenoxy) is 5. The average molecular weight is 967 g/mol. The fraction of sp³-hybridized carbons (Fsp3) is 0.492. The molecule has 4 aliphatic rings. The van der Waals surface area contributed by atoms with Gasteiger partial charge in [0.25, 0.3) is 0 Å². The topological polar surface area (TPSA) is 117 Å². The number of aliphatic carboxylic acids is 1. The molecule has 1 N–H and O–H groups in total. The van der Waals surface area contributed by atoms with Crippen LogP contribution in [0.3, 0.4) is 0 Å². The summed E-state index contributed by atoms with van der Waals surface area (Å²) in [6.45, 7) is 33.2. The first-order valence-electron chi connectivity index (χ1n) is 25.4. The fourth-order valence-electron chi connectivity index (χ4n) is 11.3. The Morgan fingerprint density at radius 1 is 0.606 bits per heavy atom. The molecule has 4 aromatic carbocycles. The second kappa shape index (κ2) is 19.4. The Morgan fingerprint density at radius 3 is 1.32 bits per heavy atom. The molecule has 2 fully saturated rings. The zero-order chi connectivity index (χ0) is 50.8. The molecule has 2 atom stereocenters. The summed E-state index contributed by atoms with van der Waals surface area (Å²) in [7, 11) is 1.44. The Morgan fingerprint density at radius 2 is 0.986 bits per heavy atom. The summed E-state index contributed by atoms with van der Waals surface area (Å²) in [5.74, 6) is -0.300. The first-order valence-corrected chi connectivity index (χ1v) is 25.4. The molecule has 4 aliphatic heterocycles. The van der Waals surface area contributed by atoms with Gasteiger partial charge in [0, 0.05) is 84.4 Å². The fourth-order valence-corrected chi connectivity index (χ4v) is 11.3.